The molecular weight excluding hydrogens is 370 g/mol. The summed E-state index contributed by atoms with van der Waals surface area (Å²) in [5, 5.41) is 7.11. The molecule has 0 atom stereocenters. The van der Waals surface area contributed by atoms with E-state index in [9.17, 15) is 0 Å². The molecule has 5 nitrogen and oxygen atoms in total. The molecule has 0 aromatic heterocycles. The topological polar surface area (TPSA) is 45.8 Å². The highest BCUT2D eigenvalue weighted by Crippen LogP contribution is 2.28. The lowest BCUT2D eigenvalue weighted by Crippen LogP contribution is -2.30. The van der Waals surface area contributed by atoms with Crippen LogP contribution in [0.1, 0.15) is 26.3 Å². The van der Waals surface area contributed by atoms with Crippen molar-refractivity contribution in [2.24, 2.45) is 0 Å². The molecule has 0 saturated carbocycles. The maximum atomic E-state index is 5.55. The van der Waals surface area contributed by atoms with E-state index in [0.717, 1.165) is 43.2 Å². The summed E-state index contributed by atoms with van der Waals surface area (Å²) in [4.78, 5) is 2.31. The van der Waals surface area contributed by atoms with Crippen molar-refractivity contribution in [3.63, 3.8) is 0 Å². The highest BCUT2D eigenvalue weighted by molar-refractivity contribution is 7.80. The van der Waals surface area contributed by atoms with E-state index in [1.165, 1.54) is 11.3 Å². The largest absolute Gasteiger partial charge is 0.493 e. The van der Waals surface area contributed by atoms with Crippen molar-refractivity contribution in [3.8, 4) is 11.5 Å². The van der Waals surface area contributed by atoms with Gasteiger partial charge in [-0.2, -0.15) is 0 Å². The Kier molecular flexibility index (Phi) is 8.88. The van der Waals surface area contributed by atoms with E-state index in [-0.39, 0.29) is 0 Å². The number of anilines is 2. The fourth-order valence-corrected chi connectivity index (χ4v) is 3.20. The molecule has 6 heteroatoms. The van der Waals surface area contributed by atoms with Gasteiger partial charge in [-0.1, -0.05) is 6.07 Å². The number of nitrogens with zero attached hydrogens (tertiary/aromatic N) is 1. The summed E-state index contributed by atoms with van der Waals surface area (Å²) >= 11 is 5.41. The van der Waals surface area contributed by atoms with Gasteiger partial charge < -0.3 is 25.0 Å². The van der Waals surface area contributed by atoms with E-state index in [1.54, 1.807) is 7.11 Å². The monoisotopic (exact) mass is 401 g/mol. The van der Waals surface area contributed by atoms with Crippen molar-refractivity contribution in [2.45, 2.75) is 27.2 Å². The van der Waals surface area contributed by atoms with E-state index in [1.807, 2.05) is 19.1 Å². The summed E-state index contributed by atoms with van der Waals surface area (Å²) < 4.78 is 11.0. The summed E-state index contributed by atoms with van der Waals surface area (Å²) in [6, 6.07) is 14.4. The molecule has 28 heavy (non-hydrogen) atoms. The van der Waals surface area contributed by atoms with Crippen LogP contribution in [0.2, 0.25) is 0 Å². The molecule has 0 saturated heterocycles. The van der Waals surface area contributed by atoms with Gasteiger partial charge in [-0.15, -0.1) is 0 Å². The lowest BCUT2D eigenvalue weighted by Gasteiger charge is -2.21. The summed E-state index contributed by atoms with van der Waals surface area (Å²) in [7, 11) is 1.66. The fraction of sp³-hybridized carbons (Fsp3) is 0.409. The van der Waals surface area contributed by atoms with Crippen LogP contribution < -0.4 is 25.0 Å². The smallest absolute Gasteiger partial charge is 0.170 e. The van der Waals surface area contributed by atoms with Crippen LogP contribution >= 0.6 is 12.2 Å². The molecule has 0 aliphatic rings. The number of methoxy groups -OCH3 is 1. The molecule has 2 aromatic rings. The maximum absolute atomic E-state index is 5.55. The predicted molar refractivity (Wildman–Crippen MR) is 122 cm³/mol. The van der Waals surface area contributed by atoms with Gasteiger partial charge in [0.1, 0.15) is 0 Å². The molecule has 0 unspecified atom stereocenters. The standard InChI is InChI=1S/C22H31N3O2S/c1-5-25(6-2)19-11-9-18(10-12-19)24-22(28)23-15-14-17-8-13-20(27-7-3)21(16-17)26-4/h8-13,16H,5-7,14-15H2,1-4H3,(H2,23,24,28). The Hall–Kier alpha value is -2.47. The molecule has 0 aliphatic heterocycles. The van der Waals surface area contributed by atoms with Gasteiger partial charge in [-0.05, 0) is 81.4 Å². The molecule has 2 rings (SSSR count). The summed E-state index contributed by atoms with van der Waals surface area (Å²) in [6.45, 7) is 9.64. The number of thiocarbonyl (C=S) groups is 1. The zero-order chi connectivity index (χ0) is 20.4. The number of hydrogen-bond donors (Lipinski definition) is 2. The van der Waals surface area contributed by atoms with E-state index < -0.39 is 0 Å². The molecule has 152 valence electrons. The minimum absolute atomic E-state index is 0.618. The van der Waals surface area contributed by atoms with Gasteiger partial charge in [-0.25, -0.2) is 0 Å². The minimum Gasteiger partial charge on any atom is -0.493 e. The van der Waals surface area contributed by atoms with Crippen molar-refractivity contribution in [1.82, 2.24) is 5.32 Å². The number of benzene rings is 2. The molecule has 2 N–H and O–H groups in total. The second-order valence-corrected chi connectivity index (χ2v) is 6.68. The molecule has 0 radical (unpaired) electrons. The summed E-state index contributed by atoms with van der Waals surface area (Å²) in [5.41, 5.74) is 3.37. The Morgan fingerprint density at radius 3 is 2.32 bits per heavy atom. The number of ether oxygens (including phenoxy) is 2. The highest BCUT2D eigenvalue weighted by atomic mass is 32.1. The van der Waals surface area contributed by atoms with Crippen LogP contribution in [0, 0.1) is 0 Å². The van der Waals surface area contributed by atoms with Crippen molar-refractivity contribution in [2.75, 3.05) is 43.6 Å². The quantitative estimate of drug-likeness (QED) is 0.573. The third kappa shape index (κ3) is 6.30. The van der Waals surface area contributed by atoms with Crippen LogP contribution in [0.15, 0.2) is 42.5 Å². The maximum Gasteiger partial charge on any atom is 0.170 e. The Balaban J connectivity index is 1.82. The summed E-state index contributed by atoms with van der Waals surface area (Å²) in [5.74, 6) is 1.53. The van der Waals surface area contributed by atoms with E-state index in [0.29, 0.717) is 11.7 Å². The number of rotatable bonds is 10. The third-order valence-corrected chi connectivity index (χ3v) is 4.73. The van der Waals surface area contributed by atoms with Crippen LogP contribution in [-0.2, 0) is 6.42 Å². The van der Waals surface area contributed by atoms with E-state index in [4.69, 9.17) is 21.7 Å². The van der Waals surface area contributed by atoms with Gasteiger partial charge in [0.25, 0.3) is 0 Å². The first-order chi connectivity index (χ1) is 13.6. The second-order valence-electron chi connectivity index (χ2n) is 6.27. The first-order valence-corrected chi connectivity index (χ1v) is 10.2. The van der Waals surface area contributed by atoms with Gasteiger partial charge in [0.05, 0.1) is 13.7 Å². The van der Waals surface area contributed by atoms with Gasteiger partial charge in [0, 0.05) is 31.0 Å². The van der Waals surface area contributed by atoms with E-state index in [2.05, 4.69) is 59.7 Å². The normalized spacial score (nSPS) is 10.3. The molecule has 0 fully saturated rings. The van der Waals surface area contributed by atoms with Crippen LogP contribution in [0.3, 0.4) is 0 Å². The summed E-state index contributed by atoms with van der Waals surface area (Å²) in [6.07, 6.45) is 0.839. The Labute approximate surface area is 174 Å². The van der Waals surface area contributed by atoms with Crippen LogP contribution in [-0.4, -0.2) is 38.5 Å². The average molecular weight is 402 g/mol. The Bertz CT molecular complexity index is 746. The van der Waals surface area contributed by atoms with Gasteiger partial charge in [-0.3, -0.25) is 0 Å². The van der Waals surface area contributed by atoms with Gasteiger partial charge in [0.2, 0.25) is 0 Å². The van der Waals surface area contributed by atoms with Crippen LogP contribution in [0.25, 0.3) is 0 Å². The minimum atomic E-state index is 0.618. The number of hydrogen-bond acceptors (Lipinski definition) is 4. The fourth-order valence-electron chi connectivity index (χ4n) is 2.98. The van der Waals surface area contributed by atoms with Crippen molar-refractivity contribution in [1.29, 1.82) is 0 Å². The van der Waals surface area contributed by atoms with Crippen LogP contribution in [0.4, 0.5) is 11.4 Å². The van der Waals surface area contributed by atoms with Crippen molar-refractivity contribution >= 4 is 28.7 Å². The molecule has 0 amide bonds. The Morgan fingerprint density at radius 2 is 1.71 bits per heavy atom. The average Bonchev–Trinajstić information content (AvgIpc) is 2.71. The zero-order valence-electron chi connectivity index (χ0n) is 17.2. The molecular formula is C22H31N3O2S. The van der Waals surface area contributed by atoms with Crippen molar-refractivity contribution < 1.29 is 9.47 Å². The molecule has 2 aromatic carbocycles. The molecule has 0 spiro atoms. The van der Waals surface area contributed by atoms with Gasteiger partial charge in [0.15, 0.2) is 16.6 Å². The first-order valence-electron chi connectivity index (χ1n) is 9.80. The third-order valence-electron chi connectivity index (χ3n) is 4.48. The lowest BCUT2D eigenvalue weighted by atomic mass is 10.1. The Morgan fingerprint density at radius 1 is 1.00 bits per heavy atom. The lowest BCUT2D eigenvalue weighted by molar-refractivity contribution is 0.310. The van der Waals surface area contributed by atoms with E-state index >= 15 is 0 Å². The SMILES string of the molecule is CCOc1ccc(CCNC(=S)Nc2ccc(N(CC)CC)cc2)cc1OC. The van der Waals surface area contributed by atoms with Crippen LogP contribution in [0.5, 0.6) is 11.5 Å². The van der Waals surface area contributed by atoms with Gasteiger partial charge >= 0.3 is 0 Å². The highest BCUT2D eigenvalue weighted by Gasteiger charge is 2.06. The first kappa shape index (κ1) is 21.8. The molecule has 0 bridgehead atoms. The molecule has 0 aliphatic carbocycles. The predicted octanol–water partition coefficient (Wildman–Crippen LogP) is 4.47. The number of nitrogens with one attached hydrogen (secondary N) is 2. The van der Waals surface area contributed by atoms with Crippen molar-refractivity contribution in [3.05, 3.63) is 48.0 Å². The molecule has 0 heterocycles. The zero-order valence-corrected chi connectivity index (χ0v) is 18.1. The second kappa shape index (κ2) is 11.4.